The van der Waals surface area contributed by atoms with E-state index in [1.165, 1.54) is 0 Å². The van der Waals surface area contributed by atoms with Crippen molar-refractivity contribution in [3.63, 3.8) is 0 Å². The Balaban J connectivity index is 2.25. The van der Waals surface area contributed by atoms with Crippen molar-refractivity contribution in [1.29, 1.82) is 0 Å². The minimum absolute atomic E-state index is 0.129. The van der Waals surface area contributed by atoms with E-state index < -0.39 is 0 Å². The molecule has 19 heavy (non-hydrogen) atoms. The molecule has 1 aromatic carbocycles. The van der Waals surface area contributed by atoms with Gasteiger partial charge in [0, 0.05) is 22.8 Å². The third kappa shape index (κ3) is 2.95. The Kier molecular flexibility index (Phi) is 4.20. The summed E-state index contributed by atoms with van der Waals surface area (Å²) in [6, 6.07) is 7.72. The highest BCUT2D eigenvalue weighted by atomic mass is 79.9. The van der Waals surface area contributed by atoms with Crippen molar-refractivity contribution in [1.82, 2.24) is 9.78 Å². The predicted molar refractivity (Wildman–Crippen MR) is 79.5 cm³/mol. The van der Waals surface area contributed by atoms with Gasteiger partial charge in [0.15, 0.2) is 5.78 Å². The highest BCUT2D eigenvalue weighted by Gasteiger charge is 2.14. The van der Waals surface area contributed by atoms with Crippen LogP contribution in [-0.2, 0) is 19.9 Å². The second-order valence-corrected chi connectivity index (χ2v) is 5.47. The largest absolute Gasteiger partial charge is 0.294 e. The third-order valence-corrected chi connectivity index (χ3v) is 4.16. The van der Waals surface area contributed by atoms with E-state index in [1.807, 2.05) is 38.2 Å². The number of rotatable bonds is 4. The molecule has 100 valence electrons. The Hall–Kier alpha value is -1.42. The van der Waals surface area contributed by atoms with Crippen molar-refractivity contribution in [2.75, 3.05) is 0 Å². The highest BCUT2D eigenvalue weighted by Crippen LogP contribution is 2.21. The molecule has 0 atom stereocenters. The minimum atomic E-state index is 0.129. The lowest BCUT2D eigenvalue weighted by molar-refractivity contribution is 0.0990. The molecule has 2 aromatic rings. The maximum atomic E-state index is 12.4. The van der Waals surface area contributed by atoms with Crippen molar-refractivity contribution in [3.8, 4) is 0 Å². The van der Waals surface area contributed by atoms with E-state index in [0.717, 1.165) is 33.4 Å². The maximum absolute atomic E-state index is 12.4. The lowest BCUT2D eigenvalue weighted by Gasteiger charge is -2.06. The number of carbonyl (C=O) groups is 1. The van der Waals surface area contributed by atoms with Gasteiger partial charge in [-0.25, -0.2) is 0 Å². The van der Waals surface area contributed by atoms with Crippen LogP contribution in [0.4, 0.5) is 0 Å². The summed E-state index contributed by atoms with van der Waals surface area (Å²) in [6.45, 7) is 4.02. The summed E-state index contributed by atoms with van der Waals surface area (Å²) in [6.07, 6.45) is 1.28. The molecular formula is C15H17BrN2O. The van der Waals surface area contributed by atoms with E-state index in [1.54, 1.807) is 4.68 Å². The molecule has 1 heterocycles. The zero-order chi connectivity index (χ0) is 14.0. The average Bonchev–Trinajstić information content (AvgIpc) is 2.73. The average molecular weight is 321 g/mol. The Morgan fingerprint density at radius 2 is 2.16 bits per heavy atom. The quantitative estimate of drug-likeness (QED) is 0.808. The van der Waals surface area contributed by atoms with E-state index in [4.69, 9.17) is 0 Å². The number of benzene rings is 1. The van der Waals surface area contributed by atoms with Crippen LogP contribution in [0.15, 0.2) is 28.7 Å². The number of halogens is 1. The second-order valence-electron chi connectivity index (χ2n) is 4.62. The van der Waals surface area contributed by atoms with E-state index in [0.29, 0.717) is 6.42 Å². The van der Waals surface area contributed by atoms with Crippen LogP contribution < -0.4 is 0 Å². The van der Waals surface area contributed by atoms with Gasteiger partial charge in [-0.1, -0.05) is 35.0 Å². The summed E-state index contributed by atoms with van der Waals surface area (Å²) in [5, 5.41) is 4.37. The standard InChI is InChI=1S/C15H17BrN2O/c1-4-11-8-12(18(3)17-11)9-15(19)13-6-5-7-14(16)10(13)2/h5-8H,4,9H2,1-3H3. The first-order chi connectivity index (χ1) is 9.02. The van der Waals surface area contributed by atoms with E-state index >= 15 is 0 Å². The monoisotopic (exact) mass is 320 g/mol. The van der Waals surface area contributed by atoms with E-state index in [9.17, 15) is 4.79 Å². The lowest BCUT2D eigenvalue weighted by atomic mass is 10.0. The van der Waals surface area contributed by atoms with E-state index in [-0.39, 0.29) is 5.78 Å². The number of Topliss-reactive ketones (excluding diaryl/α,β-unsaturated/α-hetero) is 1. The third-order valence-electron chi connectivity index (χ3n) is 3.30. The van der Waals surface area contributed by atoms with Gasteiger partial charge in [-0.2, -0.15) is 5.10 Å². The number of ketones is 1. The first-order valence-electron chi connectivity index (χ1n) is 6.33. The Labute approximate surface area is 121 Å². The number of aromatic nitrogens is 2. The van der Waals surface area contributed by atoms with Gasteiger partial charge < -0.3 is 0 Å². The van der Waals surface area contributed by atoms with Gasteiger partial charge >= 0.3 is 0 Å². The fraction of sp³-hybridized carbons (Fsp3) is 0.333. The van der Waals surface area contributed by atoms with Crippen LogP contribution in [0.5, 0.6) is 0 Å². The zero-order valence-corrected chi connectivity index (χ0v) is 13.0. The summed E-state index contributed by atoms with van der Waals surface area (Å²) in [4.78, 5) is 12.4. The first-order valence-corrected chi connectivity index (χ1v) is 7.12. The maximum Gasteiger partial charge on any atom is 0.169 e. The van der Waals surface area contributed by atoms with Gasteiger partial charge in [0.2, 0.25) is 0 Å². The Morgan fingerprint density at radius 1 is 1.42 bits per heavy atom. The number of carbonyl (C=O) groups excluding carboxylic acids is 1. The normalized spacial score (nSPS) is 10.7. The van der Waals surface area contributed by atoms with Gasteiger partial charge in [-0.3, -0.25) is 9.48 Å². The fourth-order valence-electron chi connectivity index (χ4n) is 2.08. The molecule has 4 heteroatoms. The number of hydrogen-bond acceptors (Lipinski definition) is 2. The van der Waals surface area contributed by atoms with Crippen LogP contribution in [-0.4, -0.2) is 15.6 Å². The van der Waals surface area contributed by atoms with Gasteiger partial charge in [0.05, 0.1) is 12.1 Å². The first kappa shape index (κ1) is 14.0. The molecule has 0 saturated carbocycles. The molecule has 0 fully saturated rings. The summed E-state index contributed by atoms with van der Waals surface area (Å²) in [7, 11) is 1.88. The van der Waals surface area contributed by atoms with Crippen LogP contribution in [0.2, 0.25) is 0 Å². The van der Waals surface area contributed by atoms with Crippen LogP contribution in [0, 0.1) is 6.92 Å². The predicted octanol–water partition coefficient (Wildman–Crippen LogP) is 3.48. The van der Waals surface area contributed by atoms with Crippen molar-refractivity contribution in [2.45, 2.75) is 26.7 Å². The zero-order valence-electron chi connectivity index (χ0n) is 11.4. The van der Waals surface area contributed by atoms with Crippen LogP contribution in [0.25, 0.3) is 0 Å². The van der Waals surface area contributed by atoms with Crippen LogP contribution in [0.1, 0.15) is 34.2 Å². The number of aryl methyl sites for hydroxylation is 2. The molecule has 0 saturated heterocycles. The van der Waals surface area contributed by atoms with Gasteiger partial charge in [0.25, 0.3) is 0 Å². The Morgan fingerprint density at radius 3 is 2.79 bits per heavy atom. The number of hydrogen-bond donors (Lipinski definition) is 0. The molecule has 0 aliphatic carbocycles. The summed E-state index contributed by atoms with van der Waals surface area (Å²) < 4.78 is 2.77. The summed E-state index contributed by atoms with van der Waals surface area (Å²) in [5.74, 6) is 0.129. The molecule has 0 aliphatic rings. The molecule has 0 aliphatic heterocycles. The van der Waals surface area contributed by atoms with Crippen molar-refractivity contribution in [2.24, 2.45) is 7.05 Å². The van der Waals surface area contributed by atoms with Crippen LogP contribution in [0.3, 0.4) is 0 Å². The molecular weight excluding hydrogens is 304 g/mol. The molecule has 0 bridgehead atoms. The molecule has 0 radical (unpaired) electrons. The molecule has 0 spiro atoms. The molecule has 2 rings (SSSR count). The van der Waals surface area contributed by atoms with Crippen LogP contribution >= 0.6 is 15.9 Å². The topological polar surface area (TPSA) is 34.9 Å². The van der Waals surface area contributed by atoms with Crippen molar-refractivity contribution < 1.29 is 4.79 Å². The fourth-order valence-corrected chi connectivity index (χ4v) is 2.45. The molecule has 0 amide bonds. The van der Waals surface area contributed by atoms with Gasteiger partial charge in [-0.15, -0.1) is 0 Å². The summed E-state index contributed by atoms with van der Waals surface area (Å²) in [5.41, 5.74) is 3.75. The van der Waals surface area contributed by atoms with E-state index in [2.05, 4.69) is 28.0 Å². The SMILES string of the molecule is CCc1cc(CC(=O)c2cccc(Br)c2C)n(C)n1. The van der Waals surface area contributed by atoms with Gasteiger partial charge in [0.1, 0.15) is 0 Å². The van der Waals surface area contributed by atoms with Crippen molar-refractivity contribution in [3.05, 3.63) is 51.3 Å². The molecule has 3 nitrogen and oxygen atoms in total. The second kappa shape index (κ2) is 5.70. The van der Waals surface area contributed by atoms with Crippen molar-refractivity contribution >= 4 is 21.7 Å². The number of nitrogens with zero attached hydrogens (tertiary/aromatic N) is 2. The minimum Gasteiger partial charge on any atom is -0.294 e. The smallest absolute Gasteiger partial charge is 0.169 e. The Bertz CT molecular complexity index is 617. The lowest BCUT2D eigenvalue weighted by Crippen LogP contribution is -2.09. The highest BCUT2D eigenvalue weighted by molar-refractivity contribution is 9.10. The molecule has 1 aromatic heterocycles. The van der Waals surface area contributed by atoms with Gasteiger partial charge in [-0.05, 0) is 31.0 Å². The summed E-state index contributed by atoms with van der Waals surface area (Å²) >= 11 is 3.46. The molecule has 0 N–H and O–H groups in total. The molecule has 0 unspecified atom stereocenters.